The van der Waals surface area contributed by atoms with Gasteiger partial charge >= 0.3 is 5.97 Å². The van der Waals surface area contributed by atoms with Crippen molar-refractivity contribution < 1.29 is 14.3 Å². The highest BCUT2D eigenvalue weighted by Crippen LogP contribution is 2.24. The van der Waals surface area contributed by atoms with E-state index in [0.29, 0.717) is 24.3 Å². The maximum atomic E-state index is 11.7. The second kappa shape index (κ2) is 16.1. The standard InChI is InChI=1S/C30H44O3/c1-23(2)10-7-11-25(5)12-8-13-26(6)16-17-28(24(3)4)18-19-29(30(31)32)15-9-14-27-20-21-33-22-27/h10,12,15-16,20-22,28H,3,7-9,11,13-14,17-19H2,1-2,4-6H3,(H,31,32)/b25-12-,26-16+,29-15-. The number of aliphatic carboxylic acids is 1. The van der Waals surface area contributed by atoms with Gasteiger partial charge in [-0.3, -0.25) is 0 Å². The Labute approximate surface area is 201 Å². The fraction of sp³-hybridized carbons (Fsp3) is 0.500. The van der Waals surface area contributed by atoms with E-state index in [1.165, 1.54) is 16.7 Å². The van der Waals surface area contributed by atoms with Crippen molar-refractivity contribution in [2.45, 2.75) is 92.4 Å². The van der Waals surface area contributed by atoms with E-state index < -0.39 is 5.97 Å². The van der Waals surface area contributed by atoms with Gasteiger partial charge in [0.2, 0.25) is 0 Å². The van der Waals surface area contributed by atoms with Crippen LogP contribution >= 0.6 is 0 Å². The molecule has 0 spiro atoms. The van der Waals surface area contributed by atoms with Crippen molar-refractivity contribution in [3.8, 4) is 0 Å². The van der Waals surface area contributed by atoms with E-state index in [-0.39, 0.29) is 0 Å². The molecule has 0 aromatic carbocycles. The summed E-state index contributed by atoms with van der Waals surface area (Å²) < 4.78 is 5.07. The molecule has 3 heteroatoms. The van der Waals surface area contributed by atoms with Gasteiger partial charge in [-0.2, -0.15) is 0 Å². The summed E-state index contributed by atoms with van der Waals surface area (Å²) in [6.07, 6.45) is 20.4. The number of carbonyl (C=O) groups is 1. The van der Waals surface area contributed by atoms with E-state index in [9.17, 15) is 9.90 Å². The summed E-state index contributed by atoms with van der Waals surface area (Å²) in [6.45, 7) is 14.9. The molecule has 1 unspecified atom stereocenters. The van der Waals surface area contributed by atoms with Crippen LogP contribution in [0.1, 0.15) is 91.5 Å². The largest absolute Gasteiger partial charge is 0.478 e. The molecule has 0 aliphatic rings. The lowest BCUT2D eigenvalue weighted by atomic mass is 9.89. The summed E-state index contributed by atoms with van der Waals surface area (Å²) in [5, 5.41) is 9.59. The molecular formula is C30H44O3. The Morgan fingerprint density at radius 1 is 0.970 bits per heavy atom. The second-order valence-electron chi connectivity index (χ2n) is 9.48. The van der Waals surface area contributed by atoms with E-state index in [1.54, 1.807) is 12.5 Å². The quantitative estimate of drug-likeness (QED) is 0.201. The van der Waals surface area contributed by atoms with Gasteiger partial charge in [-0.05, 0) is 110 Å². The lowest BCUT2D eigenvalue weighted by molar-refractivity contribution is -0.132. The fourth-order valence-corrected chi connectivity index (χ4v) is 3.72. The minimum Gasteiger partial charge on any atom is -0.478 e. The van der Waals surface area contributed by atoms with Crippen LogP contribution in [0, 0.1) is 5.92 Å². The third kappa shape index (κ3) is 13.6. The highest BCUT2D eigenvalue weighted by molar-refractivity contribution is 5.86. The van der Waals surface area contributed by atoms with Gasteiger partial charge in [0.1, 0.15) is 0 Å². The van der Waals surface area contributed by atoms with Gasteiger partial charge in [0, 0.05) is 5.57 Å². The molecule has 0 aliphatic heterocycles. The second-order valence-corrected chi connectivity index (χ2v) is 9.48. The summed E-state index contributed by atoms with van der Waals surface area (Å²) in [6, 6.07) is 1.92. The van der Waals surface area contributed by atoms with Crippen LogP contribution < -0.4 is 0 Å². The molecule has 0 fully saturated rings. The van der Waals surface area contributed by atoms with Gasteiger partial charge in [-0.1, -0.05) is 53.2 Å². The zero-order valence-corrected chi connectivity index (χ0v) is 21.5. The number of furan rings is 1. The van der Waals surface area contributed by atoms with Gasteiger partial charge in [-0.25, -0.2) is 4.79 Å². The summed E-state index contributed by atoms with van der Waals surface area (Å²) in [5.41, 5.74) is 6.95. The molecule has 3 nitrogen and oxygen atoms in total. The first-order chi connectivity index (χ1) is 15.7. The van der Waals surface area contributed by atoms with Gasteiger partial charge in [0.15, 0.2) is 0 Å². The van der Waals surface area contributed by atoms with Crippen molar-refractivity contribution in [1.82, 2.24) is 0 Å². The third-order valence-electron chi connectivity index (χ3n) is 6.01. The van der Waals surface area contributed by atoms with E-state index in [1.807, 2.05) is 12.1 Å². The number of hydrogen-bond donors (Lipinski definition) is 1. The minimum atomic E-state index is -0.818. The lowest BCUT2D eigenvalue weighted by Crippen LogP contribution is -2.06. The monoisotopic (exact) mass is 452 g/mol. The maximum Gasteiger partial charge on any atom is 0.331 e. The number of allylic oxidation sites excluding steroid dienone is 8. The van der Waals surface area contributed by atoms with Crippen LogP contribution in [0.25, 0.3) is 0 Å². The Balaban J connectivity index is 2.51. The summed E-state index contributed by atoms with van der Waals surface area (Å²) in [7, 11) is 0. The van der Waals surface area contributed by atoms with Crippen LogP contribution in [-0.2, 0) is 11.2 Å². The van der Waals surface area contributed by atoms with Crippen LogP contribution in [0.2, 0.25) is 0 Å². The molecule has 33 heavy (non-hydrogen) atoms. The minimum absolute atomic E-state index is 0.304. The van der Waals surface area contributed by atoms with Crippen LogP contribution in [0.3, 0.4) is 0 Å². The Morgan fingerprint density at radius 3 is 2.21 bits per heavy atom. The molecule has 1 aromatic heterocycles. The summed E-state index contributed by atoms with van der Waals surface area (Å²) in [5.74, 6) is -0.515. The number of aryl methyl sites for hydroxylation is 1. The van der Waals surface area contributed by atoms with Crippen LogP contribution in [0.15, 0.2) is 81.8 Å². The molecule has 1 aromatic rings. The van der Waals surface area contributed by atoms with E-state index in [4.69, 9.17) is 4.42 Å². The number of carboxylic acids is 1. The van der Waals surface area contributed by atoms with Crippen LogP contribution in [0.4, 0.5) is 0 Å². The van der Waals surface area contributed by atoms with Gasteiger partial charge < -0.3 is 9.52 Å². The van der Waals surface area contributed by atoms with Gasteiger partial charge in [0.05, 0.1) is 12.5 Å². The molecule has 1 rings (SSSR count). The number of rotatable bonds is 16. The molecule has 0 bridgehead atoms. The highest BCUT2D eigenvalue weighted by Gasteiger charge is 2.13. The predicted octanol–water partition coefficient (Wildman–Crippen LogP) is 9.01. The topological polar surface area (TPSA) is 50.4 Å². The lowest BCUT2D eigenvalue weighted by Gasteiger charge is -2.16. The Morgan fingerprint density at radius 2 is 1.64 bits per heavy atom. The average Bonchev–Trinajstić information content (AvgIpc) is 3.25. The number of carboxylic acid groups (broad SMARTS) is 1. The Hall–Kier alpha value is -2.55. The van der Waals surface area contributed by atoms with Crippen molar-refractivity contribution in [2.75, 3.05) is 0 Å². The zero-order valence-electron chi connectivity index (χ0n) is 21.5. The molecule has 0 aliphatic carbocycles. The van der Waals surface area contributed by atoms with E-state index in [2.05, 4.69) is 59.4 Å². The predicted molar refractivity (Wildman–Crippen MR) is 140 cm³/mol. The number of hydrogen-bond acceptors (Lipinski definition) is 2. The van der Waals surface area contributed by atoms with Crippen molar-refractivity contribution in [3.05, 3.63) is 82.9 Å². The van der Waals surface area contributed by atoms with Crippen molar-refractivity contribution in [2.24, 2.45) is 5.92 Å². The first-order valence-corrected chi connectivity index (χ1v) is 12.2. The summed E-state index contributed by atoms with van der Waals surface area (Å²) in [4.78, 5) is 11.7. The molecule has 1 atom stereocenters. The van der Waals surface area contributed by atoms with Crippen molar-refractivity contribution in [1.29, 1.82) is 0 Å². The smallest absolute Gasteiger partial charge is 0.331 e. The maximum absolute atomic E-state index is 11.7. The average molecular weight is 453 g/mol. The third-order valence-corrected chi connectivity index (χ3v) is 6.01. The molecule has 0 saturated carbocycles. The van der Waals surface area contributed by atoms with Crippen molar-refractivity contribution >= 4 is 5.97 Å². The SMILES string of the molecule is C=C(C)C(C/C=C(\C)CC/C=C(/C)CCC=C(C)C)CC/C(=C/CCc1ccoc1)C(=O)O. The molecule has 0 amide bonds. The van der Waals surface area contributed by atoms with Crippen molar-refractivity contribution in [3.63, 3.8) is 0 Å². The molecule has 1 heterocycles. The molecule has 0 saturated heterocycles. The zero-order chi connectivity index (χ0) is 24.6. The summed E-state index contributed by atoms with van der Waals surface area (Å²) >= 11 is 0. The van der Waals surface area contributed by atoms with Crippen LogP contribution in [0.5, 0.6) is 0 Å². The molecule has 182 valence electrons. The first-order valence-electron chi connectivity index (χ1n) is 12.2. The molecule has 1 N–H and O–H groups in total. The molecular weight excluding hydrogens is 408 g/mol. The van der Waals surface area contributed by atoms with E-state index >= 15 is 0 Å². The van der Waals surface area contributed by atoms with Gasteiger partial charge in [0.25, 0.3) is 0 Å². The fourth-order valence-electron chi connectivity index (χ4n) is 3.72. The Kier molecular flexibility index (Phi) is 13.9. The first kappa shape index (κ1) is 28.5. The van der Waals surface area contributed by atoms with Gasteiger partial charge in [-0.15, -0.1) is 0 Å². The Bertz CT molecular complexity index is 843. The molecule has 0 radical (unpaired) electrons. The van der Waals surface area contributed by atoms with E-state index in [0.717, 1.165) is 56.1 Å². The van der Waals surface area contributed by atoms with Crippen LogP contribution in [-0.4, -0.2) is 11.1 Å². The highest BCUT2D eigenvalue weighted by atomic mass is 16.4. The normalized spacial score (nSPS) is 13.7.